The molecule has 0 unspecified atom stereocenters. The Hall–Kier alpha value is -3.45. The smallest absolute Gasteiger partial charge is 0.202 e. The van der Waals surface area contributed by atoms with Crippen molar-refractivity contribution >= 4 is 38.4 Å². The standard InChI is InChI=1S/C22H19N4O2S/c1-15-12-13-18(14-16(15)2)29(27,28)26-22-21(23-17-8-4-3-5-9-17)24-19-10-6-7-11-20(19)25-22/h3-14H,1-2H3,(H-,23,24,25,26)/q-1. The van der Waals surface area contributed by atoms with Gasteiger partial charge in [0.25, 0.3) is 0 Å². The van der Waals surface area contributed by atoms with Crippen LogP contribution in [0.3, 0.4) is 0 Å². The lowest BCUT2D eigenvalue weighted by Crippen LogP contribution is -2.03. The molecule has 0 fully saturated rings. The number of sulfonamides is 1. The van der Waals surface area contributed by atoms with Crippen molar-refractivity contribution in [1.82, 2.24) is 9.97 Å². The van der Waals surface area contributed by atoms with E-state index in [2.05, 4.69) is 20.0 Å². The monoisotopic (exact) mass is 403 g/mol. The minimum Gasteiger partial charge on any atom is -0.431 e. The summed E-state index contributed by atoms with van der Waals surface area (Å²) < 4.78 is 29.9. The Labute approximate surface area is 169 Å². The Kier molecular flexibility index (Phi) is 4.90. The molecule has 1 heterocycles. The summed E-state index contributed by atoms with van der Waals surface area (Å²) >= 11 is 0. The van der Waals surface area contributed by atoms with Crippen LogP contribution in [0.15, 0.2) is 77.7 Å². The van der Waals surface area contributed by atoms with Gasteiger partial charge >= 0.3 is 0 Å². The molecule has 0 atom stereocenters. The van der Waals surface area contributed by atoms with Gasteiger partial charge in [0.05, 0.1) is 10.4 Å². The predicted molar refractivity (Wildman–Crippen MR) is 115 cm³/mol. The van der Waals surface area contributed by atoms with Crippen LogP contribution < -0.4 is 5.32 Å². The van der Waals surface area contributed by atoms with E-state index in [0.717, 1.165) is 16.8 Å². The quantitative estimate of drug-likeness (QED) is 0.483. The van der Waals surface area contributed by atoms with Gasteiger partial charge < -0.3 is 15.0 Å². The Morgan fingerprint density at radius 1 is 0.793 bits per heavy atom. The third-order valence-corrected chi connectivity index (χ3v) is 5.83. The molecule has 0 saturated carbocycles. The van der Waals surface area contributed by atoms with Gasteiger partial charge in [0.2, 0.25) is 10.0 Å². The number of hydrogen-bond donors (Lipinski definition) is 1. The van der Waals surface area contributed by atoms with Crippen LogP contribution in [0.5, 0.6) is 0 Å². The lowest BCUT2D eigenvalue weighted by molar-refractivity contribution is 0.603. The number of nitrogens with one attached hydrogen (secondary N) is 1. The van der Waals surface area contributed by atoms with Crippen LogP contribution in [0.1, 0.15) is 11.1 Å². The van der Waals surface area contributed by atoms with Crippen molar-refractivity contribution in [2.75, 3.05) is 5.32 Å². The topological polar surface area (TPSA) is 86.1 Å². The number of hydrogen-bond acceptors (Lipinski definition) is 5. The number of rotatable bonds is 5. The van der Waals surface area contributed by atoms with E-state index in [1.54, 1.807) is 24.3 Å². The second kappa shape index (κ2) is 7.52. The van der Waals surface area contributed by atoms with E-state index < -0.39 is 10.0 Å². The SMILES string of the molecule is Cc1ccc(S(=O)(=O)[N-]c2nc3ccccc3nc2Nc2ccccc2)cc1C. The van der Waals surface area contributed by atoms with Gasteiger partial charge in [-0.1, -0.05) is 42.5 Å². The first-order valence-corrected chi connectivity index (χ1v) is 10.5. The molecule has 0 aliphatic rings. The van der Waals surface area contributed by atoms with Crippen LogP contribution >= 0.6 is 0 Å². The lowest BCUT2D eigenvalue weighted by atomic mass is 10.1. The molecule has 7 heteroatoms. The highest BCUT2D eigenvalue weighted by molar-refractivity contribution is 7.94. The summed E-state index contributed by atoms with van der Waals surface area (Å²) in [5.41, 5.74) is 3.88. The van der Waals surface area contributed by atoms with Gasteiger partial charge in [0.15, 0.2) is 0 Å². The number of benzene rings is 3. The van der Waals surface area contributed by atoms with E-state index in [1.165, 1.54) is 0 Å². The molecule has 3 aromatic carbocycles. The lowest BCUT2D eigenvalue weighted by Gasteiger charge is -2.21. The molecule has 0 spiro atoms. The molecule has 0 saturated heterocycles. The van der Waals surface area contributed by atoms with Crippen LogP contribution in [0.2, 0.25) is 0 Å². The van der Waals surface area contributed by atoms with Gasteiger partial charge in [0, 0.05) is 5.69 Å². The zero-order valence-electron chi connectivity index (χ0n) is 16.0. The Balaban J connectivity index is 1.78. The molecule has 6 nitrogen and oxygen atoms in total. The number of aryl methyl sites for hydroxylation is 2. The molecule has 4 rings (SSSR count). The fourth-order valence-corrected chi connectivity index (χ4v) is 3.86. The molecule has 29 heavy (non-hydrogen) atoms. The summed E-state index contributed by atoms with van der Waals surface area (Å²) in [6, 6.07) is 21.6. The van der Waals surface area contributed by atoms with Crippen molar-refractivity contribution < 1.29 is 8.42 Å². The molecule has 0 aliphatic carbocycles. The van der Waals surface area contributed by atoms with Gasteiger partial charge in [-0.25, -0.2) is 13.4 Å². The van der Waals surface area contributed by atoms with Crippen molar-refractivity contribution in [3.63, 3.8) is 0 Å². The van der Waals surface area contributed by atoms with Gasteiger partial charge in [-0.2, -0.15) is 0 Å². The molecule has 0 aliphatic heterocycles. The van der Waals surface area contributed by atoms with Crippen LogP contribution in [0, 0.1) is 13.8 Å². The number of nitrogens with zero attached hydrogens (tertiary/aromatic N) is 3. The third-order valence-electron chi connectivity index (χ3n) is 4.57. The maximum absolute atomic E-state index is 12.9. The predicted octanol–water partition coefficient (Wildman–Crippen LogP) is 5.38. The highest BCUT2D eigenvalue weighted by atomic mass is 32.2. The second-order valence-corrected chi connectivity index (χ2v) is 8.29. The van der Waals surface area contributed by atoms with Crippen LogP contribution in [-0.2, 0) is 10.0 Å². The number of anilines is 2. The van der Waals surface area contributed by atoms with Crippen molar-refractivity contribution in [3.05, 3.63) is 88.6 Å². The van der Waals surface area contributed by atoms with E-state index in [9.17, 15) is 8.42 Å². The van der Waals surface area contributed by atoms with E-state index in [4.69, 9.17) is 0 Å². The number of aromatic nitrogens is 2. The first-order chi connectivity index (χ1) is 13.9. The average molecular weight is 403 g/mol. The zero-order valence-corrected chi connectivity index (χ0v) is 16.8. The highest BCUT2D eigenvalue weighted by Gasteiger charge is 2.13. The van der Waals surface area contributed by atoms with Crippen LogP contribution in [0.4, 0.5) is 17.3 Å². The molecule has 1 aromatic heterocycles. The third kappa shape index (κ3) is 4.05. The molecule has 0 radical (unpaired) electrons. The number of fused-ring (bicyclic) bond motifs is 1. The summed E-state index contributed by atoms with van der Waals surface area (Å²) in [6.07, 6.45) is 0. The van der Waals surface area contributed by atoms with Crippen LogP contribution in [-0.4, -0.2) is 18.4 Å². The van der Waals surface area contributed by atoms with Crippen molar-refractivity contribution in [3.8, 4) is 0 Å². The number of para-hydroxylation sites is 3. The van der Waals surface area contributed by atoms with Gasteiger partial charge in [-0.05, 0) is 66.6 Å². The molecule has 1 N–H and O–H groups in total. The first kappa shape index (κ1) is 18.9. The second-order valence-electron chi connectivity index (χ2n) is 6.69. The Morgan fingerprint density at radius 2 is 1.45 bits per heavy atom. The summed E-state index contributed by atoms with van der Waals surface area (Å²) in [4.78, 5) is 9.13. The minimum absolute atomic E-state index is 0.0192. The van der Waals surface area contributed by atoms with Crippen molar-refractivity contribution in [1.29, 1.82) is 0 Å². The summed E-state index contributed by atoms with van der Waals surface area (Å²) in [7, 11) is -3.95. The highest BCUT2D eigenvalue weighted by Crippen LogP contribution is 2.34. The summed E-state index contributed by atoms with van der Waals surface area (Å²) in [6.45, 7) is 3.80. The molecular weight excluding hydrogens is 384 g/mol. The molecular formula is C22H19N4O2S-. The van der Waals surface area contributed by atoms with E-state index in [-0.39, 0.29) is 16.5 Å². The fraction of sp³-hybridized carbons (Fsp3) is 0.0909. The van der Waals surface area contributed by atoms with Gasteiger partial charge in [-0.3, -0.25) is 0 Å². The van der Waals surface area contributed by atoms with E-state index in [1.807, 2.05) is 62.4 Å². The molecule has 146 valence electrons. The molecule has 0 amide bonds. The Morgan fingerprint density at radius 3 is 2.14 bits per heavy atom. The fourth-order valence-electron chi connectivity index (χ4n) is 2.84. The maximum Gasteiger partial charge on any atom is 0.202 e. The zero-order chi connectivity index (χ0) is 20.4. The largest absolute Gasteiger partial charge is 0.431 e. The molecule has 4 aromatic rings. The molecule has 0 bridgehead atoms. The van der Waals surface area contributed by atoms with Crippen molar-refractivity contribution in [2.45, 2.75) is 18.7 Å². The first-order valence-electron chi connectivity index (χ1n) is 9.06. The Bertz CT molecular complexity index is 1290. The van der Waals surface area contributed by atoms with Gasteiger partial charge in [0.1, 0.15) is 5.82 Å². The summed E-state index contributed by atoms with van der Waals surface area (Å²) in [5, 5.41) is 3.13. The van der Waals surface area contributed by atoms with E-state index >= 15 is 0 Å². The van der Waals surface area contributed by atoms with Crippen LogP contribution in [0.25, 0.3) is 15.8 Å². The van der Waals surface area contributed by atoms with Crippen molar-refractivity contribution in [2.24, 2.45) is 0 Å². The van der Waals surface area contributed by atoms with E-state index in [0.29, 0.717) is 11.0 Å². The van der Waals surface area contributed by atoms with Gasteiger partial charge in [-0.15, -0.1) is 0 Å². The summed E-state index contributed by atoms with van der Waals surface area (Å²) in [5.74, 6) is 0.299. The maximum atomic E-state index is 12.9. The average Bonchev–Trinajstić information content (AvgIpc) is 2.71. The normalized spacial score (nSPS) is 11.4. The minimum atomic E-state index is -3.95.